The van der Waals surface area contributed by atoms with Gasteiger partial charge in [0, 0.05) is 12.1 Å². The van der Waals surface area contributed by atoms with Gasteiger partial charge in [-0.2, -0.15) is 0 Å². The number of fused-ring (bicyclic) bond motifs is 4. The lowest BCUT2D eigenvalue weighted by Crippen LogP contribution is -2.34. The van der Waals surface area contributed by atoms with Crippen molar-refractivity contribution in [3.63, 3.8) is 0 Å². The third kappa shape index (κ3) is 4.66. The number of nitrogens with one attached hydrogen (secondary N) is 1. The molecule has 0 aliphatic carbocycles. The Bertz CT molecular complexity index is 1630. The summed E-state index contributed by atoms with van der Waals surface area (Å²) in [5.74, 6) is 1.23. The highest BCUT2D eigenvalue weighted by Crippen LogP contribution is 2.42. The zero-order valence-corrected chi connectivity index (χ0v) is 21.7. The van der Waals surface area contributed by atoms with Gasteiger partial charge in [0.2, 0.25) is 12.7 Å². The van der Waals surface area contributed by atoms with E-state index in [4.69, 9.17) is 9.47 Å². The molecule has 4 aromatic rings. The van der Waals surface area contributed by atoms with E-state index in [-0.39, 0.29) is 29.9 Å². The molecule has 1 N–H and O–H groups in total. The van der Waals surface area contributed by atoms with Gasteiger partial charge in [-0.25, -0.2) is 18.4 Å². The Kier molecular flexibility index (Phi) is 6.38. The molecule has 2 aliphatic heterocycles. The number of amides is 1. The van der Waals surface area contributed by atoms with Gasteiger partial charge in [-0.05, 0) is 29.3 Å². The van der Waals surface area contributed by atoms with Crippen LogP contribution in [-0.4, -0.2) is 36.8 Å². The Morgan fingerprint density at radius 1 is 0.974 bits per heavy atom. The maximum atomic E-state index is 13.6. The second-order valence-corrected chi connectivity index (χ2v) is 11.4. The van der Waals surface area contributed by atoms with Crippen LogP contribution >= 0.6 is 11.8 Å². The highest BCUT2D eigenvalue weighted by atomic mass is 32.2. The van der Waals surface area contributed by atoms with Crippen molar-refractivity contribution in [3.8, 4) is 22.8 Å². The lowest BCUT2D eigenvalue weighted by Gasteiger charge is -2.31. The van der Waals surface area contributed by atoms with Crippen LogP contribution in [0.1, 0.15) is 11.1 Å². The van der Waals surface area contributed by atoms with E-state index in [0.29, 0.717) is 40.1 Å². The van der Waals surface area contributed by atoms with E-state index in [1.807, 2.05) is 60.7 Å². The minimum absolute atomic E-state index is 0.0451. The van der Waals surface area contributed by atoms with Gasteiger partial charge in [0.25, 0.3) is 10.0 Å². The van der Waals surface area contributed by atoms with E-state index in [1.165, 1.54) is 10.5 Å². The van der Waals surface area contributed by atoms with E-state index in [1.54, 1.807) is 12.1 Å². The zero-order valence-electron chi connectivity index (χ0n) is 20.0. The molecular weight excluding hydrogens is 524 g/mol. The summed E-state index contributed by atoms with van der Waals surface area (Å²) in [5.41, 5.74) is 3.35. The summed E-state index contributed by atoms with van der Waals surface area (Å²) in [7, 11) is -3.89. The summed E-state index contributed by atoms with van der Waals surface area (Å²) in [6.45, 7) is 0.725. The first-order valence-corrected chi connectivity index (χ1v) is 14.2. The monoisotopic (exact) mass is 546 g/mol. The number of thioether (sulfide) groups is 1. The molecule has 3 aromatic carbocycles. The first-order chi connectivity index (χ1) is 18.5. The van der Waals surface area contributed by atoms with Gasteiger partial charge in [-0.3, -0.25) is 9.10 Å². The number of anilines is 1. The van der Waals surface area contributed by atoms with Crippen LogP contribution in [0.2, 0.25) is 0 Å². The van der Waals surface area contributed by atoms with Crippen LogP contribution in [0.5, 0.6) is 11.5 Å². The van der Waals surface area contributed by atoms with Gasteiger partial charge in [-0.1, -0.05) is 66.4 Å². The second kappa shape index (κ2) is 9.99. The summed E-state index contributed by atoms with van der Waals surface area (Å²) in [6, 6.07) is 22.2. The van der Waals surface area contributed by atoms with Crippen molar-refractivity contribution in [2.45, 2.75) is 23.1 Å². The average molecular weight is 547 g/mol. The molecule has 3 heterocycles. The molecule has 0 spiro atoms. The number of hydrogen-bond acceptors (Lipinski definition) is 8. The average Bonchev–Trinajstić information content (AvgIpc) is 3.41. The summed E-state index contributed by atoms with van der Waals surface area (Å²) in [4.78, 5) is 21.4. The van der Waals surface area contributed by atoms with Crippen molar-refractivity contribution in [3.05, 3.63) is 90.1 Å². The van der Waals surface area contributed by atoms with Crippen LogP contribution in [0.25, 0.3) is 11.3 Å². The van der Waals surface area contributed by atoms with Crippen molar-refractivity contribution in [1.29, 1.82) is 0 Å². The molecule has 38 heavy (non-hydrogen) atoms. The van der Waals surface area contributed by atoms with Crippen LogP contribution in [0.4, 0.5) is 5.69 Å². The Labute approximate surface area is 223 Å². The van der Waals surface area contributed by atoms with Crippen molar-refractivity contribution < 1.29 is 22.7 Å². The van der Waals surface area contributed by atoms with Crippen LogP contribution in [0, 0.1) is 0 Å². The summed E-state index contributed by atoms with van der Waals surface area (Å²) in [6.07, 6.45) is 1.33. The first kappa shape index (κ1) is 24.3. The smallest absolute Gasteiger partial charge is 0.268 e. The summed E-state index contributed by atoms with van der Waals surface area (Å²) in [5, 5.41) is 3.19. The van der Waals surface area contributed by atoms with Gasteiger partial charge >= 0.3 is 0 Å². The van der Waals surface area contributed by atoms with Crippen molar-refractivity contribution in [2.24, 2.45) is 0 Å². The normalized spacial score (nSPS) is 14.5. The molecule has 0 atom stereocenters. The Morgan fingerprint density at radius 3 is 2.63 bits per heavy atom. The molecule has 0 radical (unpaired) electrons. The Balaban J connectivity index is 1.18. The number of nitrogens with zero attached hydrogens (tertiary/aromatic N) is 3. The molecule has 9 nitrogen and oxygen atoms in total. The van der Waals surface area contributed by atoms with Gasteiger partial charge in [0.1, 0.15) is 4.90 Å². The fourth-order valence-corrected chi connectivity index (χ4v) is 6.50. The van der Waals surface area contributed by atoms with Crippen molar-refractivity contribution in [1.82, 2.24) is 15.3 Å². The number of aromatic nitrogens is 2. The molecule has 2 aliphatic rings. The van der Waals surface area contributed by atoms with Gasteiger partial charge in [-0.15, -0.1) is 0 Å². The van der Waals surface area contributed by atoms with Crippen molar-refractivity contribution >= 4 is 33.4 Å². The molecule has 11 heteroatoms. The highest BCUT2D eigenvalue weighted by Gasteiger charge is 2.36. The second-order valence-electron chi connectivity index (χ2n) is 8.63. The van der Waals surface area contributed by atoms with E-state index in [9.17, 15) is 13.2 Å². The maximum absolute atomic E-state index is 13.6. The largest absolute Gasteiger partial charge is 0.454 e. The molecule has 0 saturated carbocycles. The molecule has 1 amide bonds. The molecule has 0 unspecified atom stereocenters. The van der Waals surface area contributed by atoms with Crippen LogP contribution < -0.4 is 19.1 Å². The van der Waals surface area contributed by atoms with Gasteiger partial charge in [0.05, 0.1) is 29.9 Å². The molecular formula is C27H22N4O5S2. The number of carbonyl (C=O) groups is 1. The highest BCUT2D eigenvalue weighted by molar-refractivity contribution is 7.99. The molecule has 0 fully saturated rings. The molecule has 0 saturated heterocycles. The number of hydrogen-bond donors (Lipinski definition) is 1. The molecule has 6 rings (SSSR count). The fourth-order valence-electron chi connectivity index (χ4n) is 4.30. The predicted octanol–water partition coefficient (Wildman–Crippen LogP) is 3.99. The van der Waals surface area contributed by atoms with Gasteiger partial charge in [0.15, 0.2) is 16.7 Å². The number of ether oxygens (including phenoxy) is 2. The third-order valence-electron chi connectivity index (χ3n) is 6.16. The quantitative estimate of drug-likeness (QED) is 0.274. The van der Waals surface area contributed by atoms with Crippen molar-refractivity contribution in [2.75, 3.05) is 16.9 Å². The summed E-state index contributed by atoms with van der Waals surface area (Å²) >= 11 is 1.15. The Morgan fingerprint density at radius 2 is 1.76 bits per heavy atom. The van der Waals surface area contributed by atoms with Crippen LogP contribution in [0.3, 0.4) is 0 Å². The van der Waals surface area contributed by atoms with E-state index in [0.717, 1.165) is 22.9 Å². The SMILES string of the molecule is O=C(CSc1ncc2c(n1)-c1ccccc1N(Cc1ccccc1)S2(=O)=O)NCc1ccc2c(c1)OCO2. The fraction of sp³-hybridized carbons (Fsp3) is 0.148. The Hall–Kier alpha value is -4.09. The molecule has 192 valence electrons. The van der Waals surface area contributed by atoms with Crippen LogP contribution in [-0.2, 0) is 27.9 Å². The minimum atomic E-state index is -3.89. The predicted molar refractivity (Wildman–Crippen MR) is 142 cm³/mol. The number of rotatable bonds is 7. The first-order valence-electron chi connectivity index (χ1n) is 11.8. The molecule has 0 bridgehead atoms. The topological polar surface area (TPSA) is 111 Å². The number of para-hydroxylation sites is 1. The maximum Gasteiger partial charge on any atom is 0.268 e. The summed E-state index contributed by atoms with van der Waals surface area (Å²) < 4.78 is 39.3. The lowest BCUT2D eigenvalue weighted by atomic mass is 10.1. The number of sulfonamides is 1. The third-order valence-corrected chi connectivity index (χ3v) is 8.78. The van der Waals surface area contributed by atoms with E-state index in [2.05, 4.69) is 15.3 Å². The van der Waals surface area contributed by atoms with Crippen LogP contribution in [0.15, 0.2) is 89.0 Å². The molecule has 1 aromatic heterocycles. The number of carbonyl (C=O) groups excluding carboxylic acids is 1. The minimum Gasteiger partial charge on any atom is -0.454 e. The number of benzene rings is 3. The van der Waals surface area contributed by atoms with Gasteiger partial charge < -0.3 is 14.8 Å². The van der Waals surface area contributed by atoms with E-state index < -0.39 is 10.0 Å². The standard InChI is InChI=1S/C27H22N4O5S2/c32-25(28-13-19-10-11-22-23(12-19)36-17-35-22)16-37-27-29-14-24-26(30-27)20-8-4-5-9-21(20)31(38(24,33)34)15-18-6-2-1-3-7-18/h1-12,14H,13,15-17H2,(H,28,32). The zero-order chi connectivity index (χ0) is 26.1. The lowest BCUT2D eigenvalue weighted by molar-refractivity contribution is -0.118. The van der Waals surface area contributed by atoms with E-state index >= 15 is 0 Å².